The molecular weight excluding hydrogens is 454 g/mol. The van der Waals surface area contributed by atoms with E-state index in [9.17, 15) is 27.5 Å². The zero-order valence-electron chi connectivity index (χ0n) is 18.3. The zero-order valence-corrected chi connectivity index (χ0v) is 18.3. The average molecular weight is 475 g/mol. The number of aromatic nitrogens is 2. The van der Waals surface area contributed by atoms with Gasteiger partial charge in [0.05, 0.1) is 24.5 Å². The van der Waals surface area contributed by atoms with Crippen LogP contribution in [0, 0.1) is 5.82 Å². The molecule has 0 atom stereocenters. The number of rotatable bonds is 5. The van der Waals surface area contributed by atoms with E-state index in [1.807, 2.05) is 0 Å². The first-order chi connectivity index (χ1) is 15.9. The number of amides is 1. The van der Waals surface area contributed by atoms with E-state index in [0.717, 1.165) is 12.3 Å². The number of hydrogen-bond acceptors (Lipinski definition) is 5. The number of nitrogens with one attached hydrogen (secondary N) is 1. The molecule has 1 saturated heterocycles. The number of ether oxygens (including phenoxy) is 1. The van der Waals surface area contributed by atoms with Crippen molar-refractivity contribution in [2.45, 2.75) is 31.0 Å². The number of aliphatic hydroxyl groups is 1. The Morgan fingerprint density at radius 2 is 1.74 bits per heavy atom. The van der Waals surface area contributed by atoms with Crippen molar-refractivity contribution in [1.82, 2.24) is 9.97 Å². The first kappa shape index (κ1) is 23.8. The maximum absolute atomic E-state index is 13.1. The first-order valence-electron chi connectivity index (χ1n) is 10.3. The van der Waals surface area contributed by atoms with Crippen LogP contribution in [0.1, 0.15) is 30.7 Å². The van der Waals surface area contributed by atoms with Crippen LogP contribution in [0.2, 0.25) is 0 Å². The summed E-state index contributed by atoms with van der Waals surface area (Å²) in [5.74, 6) is -0.782. The second-order valence-electron chi connectivity index (χ2n) is 8.64. The number of halogens is 4. The lowest BCUT2D eigenvalue weighted by Crippen LogP contribution is -2.55. The van der Waals surface area contributed by atoms with E-state index in [0.29, 0.717) is 11.3 Å². The lowest BCUT2D eigenvalue weighted by Gasteiger charge is -2.40. The fraction of sp³-hybridized carbons (Fsp3) is 0.292. The number of benzene rings is 1. The molecule has 0 unspecified atom stereocenters. The van der Waals surface area contributed by atoms with E-state index < -0.39 is 28.7 Å². The summed E-state index contributed by atoms with van der Waals surface area (Å²) in [6.45, 7) is 2.97. The van der Waals surface area contributed by atoms with E-state index >= 15 is 0 Å². The van der Waals surface area contributed by atoms with Crippen molar-refractivity contribution >= 4 is 11.6 Å². The van der Waals surface area contributed by atoms with Gasteiger partial charge in [-0.15, -0.1) is 0 Å². The minimum Gasteiger partial charge on any atom is -0.386 e. The van der Waals surface area contributed by atoms with Gasteiger partial charge < -0.3 is 15.2 Å². The van der Waals surface area contributed by atoms with E-state index in [-0.39, 0.29) is 35.9 Å². The maximum Gasteiger partial charge on any atom is 0.433 e. The van der Waals surface area contributed by atoms with Gasteiger partial charge in [0.15, 0.2) is 0 Å². The standard InChI is InChI=1S/C24H21F4N3O3/c1-22(2,33)18-9-20(24(26,27)28)30-11-17(18)19-8-3-14(10-29-19)23(12-34-13-23)21(32)31-16-6-4-15(25)5-7-16/h3-11,33H,12-13H2,1-2H3,(H,31,32). The predicted octanol–water partition coefficient (Wildman–Crippen LogP) is 4.44. The number of anilines is 1. The Morgan fingerprint density at radius 1 is 1.06 bits per heavy atom. The summed E-state index contributed by atoms with van der Waals surface area (Å²) in [7, 11) is 0. The molecule has 10 heteroatoms. The summed E-state index contributed by atoms with van der Waals surface area (Å²) in [6.07, 6.45) is -2.18. The Balaban J connectivity index is 1.65. The van der Waals surface area contributed by atoms with Gasteiger partial charge in [-0.3, -0.25) is 14.8 Å². The molecule has 0 radical (unpaired) electrons. The number of alkyl halides is 3. The predicted molar refractivity (Wildman–Crippen MR) is 115 cm³/mol. The lowest BCUT2D eigenvalue weighted by atomic mass is 9.78. The van der Waals surface area contributed by atoms with Crippen LogP contribution in [0.5, 0.6) is 0 Å². The molecule has 1 fully saturated rings. The Kier molecular flexibility index (Phi) is 5.91. The van der Waals surface area contributed by atoms with Crippen molar-refractivity contribution in [3.8, 4) is 11.3 Å². The summed E-state index contributed by atoms with van der Waals surface area (Å²) < 4.78 is 57.9. The molecule has 1 aliphatic heterocycles. The van der Waals surface area contributed by atoms with Gasteiger partial charge in [-0.25, -0.2) is 4.39 Å². The molecule has 6 nitrogen and oxygen atoms in total. The largest absolute Gasteiger partial charge is 0.433 e. The third-order valence-electron chi connectivity index (χ3n) is 5.68. The molecule has 1 aliphatic rings. The minimum atomic E-state index is -4.66. The topological polar surface area (TPSA) is 84.3 Å². The number of pyridine rings is 2. The highest BCUT2D eigenvalue weighted by molar-refractivity contribution is 6.00. The molecule has 0 saturated carbocycles. The highest BCUT2D eigenvalue weighted by Crippen LogP contribution is 2.37. The highest BCUT2D eigenvalue weighted by atomic mass is 19.4. The number of nitrogens with zero attached hydrogens (tertiary/aromatic N) is 2. The van der Waals surface area contributed by atoms with E-state index in [4.69, 9.17) is 4.74 Å². The molecule has 178 valence electrons. The zero-order chi connectivity index (χ0) is 24.7. The van der Waals surface area contributed by atoms with Crippen LogP contribution in [0.4, 0.5) is 23.2 Å². The molecule has 3 heterocycles. The smallest absolute Gasteiger partial charge is 0.386 e. The minimum absolute atomic E-state index is 0.0193. The van der Waals surface area contributed by atoms with Crippen LogP contribution < -0.4 is 5.32 Å². The summed E-state index contributed by atoms with van der Waals surface area (Å²) in [6, 6.07) is 9.35. The number of carbonyl (C=O) groups excluding carboxylic acids is 1. The second kappa shape index (κ2) is 8.44. The molecule has 0 bridgehead atoms. The van der Waals surface area contributed by atoms with Gasteiger partial charge >= 0.3 is 6.18 Å². The Hall–Kier alpha value is -3.37. The molecule has 0 spiro atoms. The summed E-state index contributed by atoms with van der Waals surface area (Å²) in [5.41, 5.74) is -2.20. The van der Waals surface area contributed by atoms with Gasteiger partial charge in [-0.05, 0) is 61.4 Å². The van der Waals surface area contributed by atoms with Crippen LogP contribution in [0.25, 0.3) is 11.3 Å². The van der Waals surface area contributed by atoms with Crippen molar-refractivity contribution < 1.29 is 32.2 Å². The normalized spacial score (nSPS) is 15.5. The maximum atomic E-state index is 13.1. The molecule has 2 N–H and O–H groups in total. The van der Waals surface area contributed by atoms with Gasteiger partial charge in [-0.1, -0.05) is 6.07 Å². The van der Waals surface area contributed by atoms with E-state index in [2.05, 4.69) is 15.3 Å². The number of hydrogen-bond donors (Lipinski definition) is 2. The number of carbonyl (C=O) groups is 1. The molecule has 1 amide bonds. The summed E-state index contributed by atoms with van der Waals surface area (Å²) >= 11 is 0. The van der Waals surface area contributed by atoms with Gasteiger partial charge in [-0.2, -0.15) is 13.2 Å². The summed E-state index contributed by atoms with van der Waals surface area (Å²) in [4.78, 5) is 20.9. The molecule has 34 heavy (non-hydrogen) atoms. The summed E-state index contributed by atoms with van der Waals surface area (Å²) in [5, 5.41) is 13.2. The first-order valence-corrected chi connectivity index (χ1v) is 10.3. The van der Waals surface area contributed by atoms with Crippen molar-refractivity contribution in [1.29, 1.82) is 0 Å². The quantitative estimate of drug-likeness (QED) is 0.534. The molecule has 2 aromatic heterocycles. The van der Waals surface area contributed by atoms with E-state index in [1.54, 1.807) is 12.1 Å². The van der Waals surface area contributed by atoms with Crippen LogP contribution in [-0.2, 0) is 26.7 Å². The SMILES string of the molecule is CC(C)(O)c1cc(C(F)(F)F)ncc1-c1ccc(C2(C(=O)Nc3ccc(F)cc3)COC2)cn1. The third kappa shape index (κ3) is 4.51. The van der Waals surface area contributed by atoms with Crippen LogP contribution in [-0.4, -0.2) is 34.2 Å². The van der Waals surface area contributed by atoms with Crippen LogP contribution in [0.15, 0.2) is 54.9 Å². The molecular formula is C24H21F4N3O3. The highest BCUT2D eigenvalue weighted by Gasteiger charge is 2.48. The second-order valence-corrected chi connectivity index (χ2v) is 8.64. The van der Waals surface area contributed by atoms with Crippen molar-refractivity contribution in [2.75, 3.05) is 18.5 Å². The Labute approximate surface area is 192 Å². The van der Waals surface area contributed by atoms with Crippen molar-refractivity contribution in [3.63, 3.8) is 0 Å². The van der Waals surface area contributed by atoms with Gasteiger partial charge in [0.1, 0.15) is 16.9 Å². The Morgan fingerprint density at radius 3 is 2.24 bits per heavy atom. The van der Waals surface area contributed by atoms with E-state index in [1.165, 1.54) is 44.3 Å². The van der Waals surface area contributed by atoms with Crippen LogP contribution in [0.3, 0.4) is 0 Å². The van der Waals surface area contributed by atoms with Gasteiger partial charge in [0, 0.05) is 23.6 Å². The molecule has 1 aromatic carbocycles. The molecule has 3 aromatic rings. The monoisotopic (exact) mass is 475 g/mol. The van der Waals surface area contributed by atoms with Crippen molar-refractivity contribution in [2.24, 2.45) is 0 Å². The third-order valence-corrected chi connectivity index (χ3v) is 5.68. The van der Waals surface area contributed by atoms with Crippen LogP contribution >= 0.6 is 0 Å². The van der Waals surface area contributed by atoms with Crippen molar-refractivity contribution in [3.05, 3.63) is 77.5 Å². The molecule has 0 aliphatic carbocycles. The molecule has 4 rings (SSSR count). The fourth-order valence-electron chi connectivity index (χ4n) is 3.68. The Bertz CT molecular complexity index is 1200. The fourth-order valence-corrected chi connectivity index (χ4v) is 3.68. The lowest BCUT2D eigenvalue weighted by molar-refractivity contribution is -0.141. The van der Waals surface area contributed by atoms with Gasteiger partial charge in [0.2, 0.25) is 5.91 Å². The van der Waals surface area contributed by atoms with Gasteiger partial charge in [0.25, 0.3) is 0 Å². The average Bonchev–Trinajstić information content (AvgIpc) is 2.73.